The fourth-order valence-corrected chi connectivity index (χ4v) is 5.32. The van der Waals surface area contributed by atoms with Gasteiger partial charge < -0.3 is 15.4 Å². The Labute approximate surface area is 176 Å². The van der Waals surface area contributed by atoms with Crippen LogP contribution in [0.1, 0.15) is 37.3 Å². The lowest BCUT2D eigenvalue weighted by Crippen LogP contribution is -2.42. The third-order valence-corrected chi connectivity index (χ3v) is 6.91. The largest absolute Gasteiger partial charge is 0.493 e. The number of hydrogen-bond acceptors (Lipinski definition) is 4. The average molecular weight is 509 g/mol. The highest BCUT2D eigenvalue weighted by atomic mass is 127. The predicted molar refractivity (Wildman–Crippen MR) is 113 cm³/mol. The molecule has 150 valence electrons. The second-order valence-corrected chi connectivity index (χ2v) is 9.62. The summed E-state index contributed by atoms with van der Waals surface area (Å²) in [5, 5.41) is 6.78. The van der Waals surface area contributed by atoms with Crippen molar-refractivity contribution in [3.05, 3.63) is 29.6 Å². The monoisotopic (exact) mass is 509 g/mol. The van der Waals surface area contributed by atoms with Gasteiger partial charge in [0.2, 0.25) is 0 Å². The quantitative estimate of drug-likeness (QED) is 0.371. The number of nitrogens with zero attached hydrogens (tertiary/aromatic N) is 1. The van der Waals surface area contributed by atoms with Crippen molar-refractivity contribution in [2.75, 3.05) is 24.7 Å². The average Bonchev–Trinajstić information content (AvgIpc) is 3.35. The number of rotatable bonds is 4. The van der Waals surface area contributed by atoms with Gasteiger partial charge in [0.1, 0.15) is 11.6 Å². The second-order valence-electron chi connectivity index (χ2n) is 7.39. The molecule has 1 aromatic rings. The summed E-state index contributed by atoms with van der Waals surface area (Å²) in [5.41, 5.74) is 0.796. The van der Waals surface area contributed by atoms with Crippen LogP contribution in [0.25, 0.3) is 0 Å². The van der Waals surface area contributed by atoms with Gasteiger partial charge in [-0.3, -0.25) is 4.99 Å². The van der Waals surface area contributed by atoms with Crippen LogP contribution >= 0.6 is 24.0 Å². The second kappa shape index (κ2) is 8.50. The highest BCUT2D eigenvalue weighted by Gasteiger charge is 2.29. The minimum atomic E-state index is -2.89. The van der Waals surface area contributed by atoms with E-state index in [9.17, 15) is 12.8 Å². The van der Waals surface area contributed by atoms with Crippen LogP contribution in [-0.2, 0) is 9.84 Å². The molecule has 27 heavy (non-hydrogen) atoms. The Morgan fingerprint density at radius 2 is 2.04 bits per heavy atom. The van der Waals surface area contributed by atoms with E-state index in [-0.39, 0.29) is 53.3 Å². The van der Waals surface area contributed by atoms with Gasteiger partial charge in [-0.05, 0) is 43.4 Å². The van der Waals surface area contributed by atoms with Crippen molar-refractivity contribution in [2.24, 2.45) is 10.9 Å². The molecule has 1 aromatic carbocycles. The molecule has 4 rings (SSSR count). The van der Waals surface area contributed by atoms with Gasteiger partial charge in [0.25, 0.3) is 0 Å². The summed E-state index contributed by atoms with van der Waals surface area (Å²) in [5.74, 6) is 1.65. The topological polar surface area (TPSA) is 79.8 Å². The Morgan fingerprint density at radius 1 is 1.22 bits per heavy atom. The molecule has 1 aliphatic carbocycles. The van der Waals surface area contributed by atoms with E-state index in [4.69, 9.17) is 4.74 Å². The van der Waals surface area contributed by atoms with Crippen molar-refractivity contribution >= 4 is 39.8 Å². The number of benzene rings is 1. The molecule has 3 aliphatic rings. The summed E-state index contributed by atoms with van der Waals surface area (Å²) in [6, 6.07) is 4.91. The Bertz CT molecular complexity index is 814. The first kappa shape index (κ1) is 20.6. The first-order valence-corrected chi connectivity index (χ1v) is 11.0. The van der Waals surface area contributed by atoms with Crippen molar-refractivity contribution < 1.29 is 17.5 Å². The third-order valence-electron chi connectivity index (χ3n) is 5.07. The summed E-state index contributed by atoms with van der Waals surface area (Å²) in [4.78, 5) is 4.64. The number of guanidine groups is 1. The maximum Gasteiger partial charge on any atom is 0.191 e. The van der Waals surface area contributed by atoms with Crippen molar-refractivity contribution in [3.63, 3.8) is 0 Å². The molecule has 0 radical (unpaired) electrons. The van der Waals surface area contributed by atoms with E-state index in [1.54, 1.807) is 6.07 Å². The van der Waals surface area contributed by atoms with E-state index in [1.165, 1.54) is 12.1 Å². The lowest BCUT2D eigenvalue weighted by atomic mass is 10.0. The standard InChI is InChI=1S/C18H24FN3O3S.HI/c19-13-1-4-17-15(9-13)16(5-7-25-17)22-18(21-14-2-3-14)20-10-12-6-8-26(23,24)11-12;/h1,4,9,12,14,16H,2-3,5-8,10-11H2,(H2,20,21,22);1H. The molecule has 2 aliphatic heterocycles. The Morgan fingerprint density at radius 3 is 2.74 bits per heavy atom. The predicted octanol–water partition coefficient (Wildman–Crippen LogP) is 2.40. The molecule has 0 bridgehead atoms. The fraction of sp³-hybridized carbons (Fsp3) is 0.611. The summed E-state index contributed by atoms with van der Waals surface area (Å²) < 4.78 is 42.5. The Balaban J connectivity index is 0.00000210. The molecular weight excluding hydrogens is 484 g/mol. The minimum absolute atomic E-state index is 0. The highest BCUT2D eigenvalue weighted by molar-refractivity contribution is 14.0. The van der Waals surface area contributed by atoms with Gasteiger partial charge in [0.05, 0.1) is 24.2 Å². The summed E-state index contributed by atoms with van der Waals surface area (Å²) in [6.45, 7) is 1.05. The van der Waals surface area contributed by atoms with Gasteiger partial charge in [-0.1, -0.05) is 0 Å². The molecule has 2 N–H and O–H groups in total. The molecule has 1 saturated carbocycles. The molecule has 2 heterocycles. The van der Waals surface area contributed by atoms with Crippen LogP contribution < -0.4 is 15.4 Å². The lowest BCUT2D eigenvalue weighted by Gasteiger charge is -2.28. The molecule has 2 unspecified atom stereocenters. The van der Waals surface area contributed by atoms with Crippen LogP contribution in [0.5, 0.6) is 5.75 Å². The maximum absolute atomic E-state index is 13.7. The van der Waals surface area contributed by atoms with E-state index in [0.717, 1.165) is 24.8 Å². The van der Waals surface area contributed by atoms with Gasteiger partial charge in [0, 0.05) is 24.6 Å². The number of aliphatic imine (C=N–C) groups is 1. The highest BCUT2D eigenvalue weighted by Crippen LogP contribution is 2.32. The third kappa shape index (κ3) is 5.46. The zero-order valence-electron chi connectivity index (χ0n) is 15.0. The van der Waals surface area contributed by atoms with Gasteiger partial charge in [-0.15, -0.1) is 24.0 Å². The normalized spacial score (nSPS) is 26.5. The maximum atomic E-state index is 13.7. The molecule has 0 amide bonds. The van der Waals surface area contributed by atoms with Crippen LogP contribution in [0.4, 0.5) is 4.39 Å². The van der Waals surface area contributed by atoms with Crippen LogP contribution in [0.3, 0.4) is 0 Å². The first-order valence-electron chi connectivity index (χ1n) is 9.19. The van der Waals surface area contributed by atoms with Crippen molar-refractivity contribution in [1.29, 1.82) is 0 Å². The lowest BCUT2D eigenvalue weighted by molar-refractivity contribution is 0.260. The molecule has 0 aromatic heterocycles. The van der Waals surface area contributed by atoms with E-state index < -0.39 is 9.84 Å². The molecule has 9 heteroatoms. The van der Waals surface area contributed by atoms with Crippen LogP contribution in [0.2, 0.25) is 0 Å². The number of nitrogens with one attached hydrogen (secondary N) is 2. The summed E-state index contributed by atoms with van der Waals surface area (Å²) in [6.07, 6.45) is 3.61. The number of sulfone groups is 1. The van der Waals surface area contributed by atoms with E-state index in [1.807, 2.05) is 0 Å². The van der Waals surface area contributed by atoms with Crippen LogP contribution in [0.15, 0.2) is 23.2 Å². The zero-order chi connectivity index (χ0) is 18.1. The van der Waals surface area contributed by atoms with Crippen LogP contribution in [0, 0.1) is 11.7 Å². The van der Waals surface area contributed by atoms with Crippen molar-refractivity contribution in [1.82, 2.24) is 10.6 Å². The molecule has 2 atom stereocenters. The molecule has 6 nitrogen and oxygen atoms in total. The summed E-state index contributed by atoms with van der Waals surface area (Å²) >= 11 is 0. The smallest absolute Gasteiger partial charge is 0.191 e. The van der Waals surface area contributed by atoms with Gasteiger partial charge in [-0.2, -0.15) is 0 Å². The number of ether oxygens (including phenoxy) is 1. The number of hydrogen-bond donors (Lipinski definition) is 2. The van der Waals surface area contributed by atoms with Crippen molar-refractivity contribution in [2.45, 2.75) is 37.8 Å². The number of halogens is 2. The van der Waals surface area contributed by atoms with E-state index in [0.29, 0.717) is 37.3 Å². The van der Waals surface area contributed by atoms with E-state index in [2.05, 4.69) is 15.6 Å². The molecular formula is C18H25FIN3O3S. The Hall–Kier alpha value is -1.10. The van der Waals surface area contributed by atoms with Crippen LogP contribution in [-0.4, -0.2) is 45.1 Å². The van der Waals surface area contributed by atoms with Crippen molar-refractivity contribution in [3.8, 4) is 5.75 Å². The fourth-order valence-electron chi connectivity index (χ4n) is 3.47. The SMILES string of the molecule is I.O=S1(=O)CCC(CN=C(NC2CC2)NC2CCOc3ccc(F)cc32)C1. The molecule has 2 fully saturated rings. The zero-order valence-corrected chi connectivity index (χ0v) is 18.1. The summed E-state index contributed by atoms with van der Waals surface area (Å²) in [7, 11) is -2.89. The minimum Gasteiger partial charge on any atom is -0.493 e. The van der Waals surface area contributed by atoms with Gasteiger partial charge in [-0.25, -0.2) is 12.8 Å². The van der Waals surface area contributed by atoms with Gasteiger partial charge in [0.15, 0.2) is 15.8 Å². The molecule has 0 spiro atoms. The molecule has 1 saturated heterocycles. The van der Waals surface area contributed by atoms with E-state index >= 15 is 0 Å². The Kier molecular flexibility index (Phi) is 6.50. The first-order chi connectivity index (χ1) is 12.5. The number of fused-ring (bicyclic) bond motifs is 1. The van der Waals surface area contributed by atoms with Gasteiger partial charge >= 0.3 is 0 Å².